The number of Topliss-reactive ketones (excluding diaryl/α,β-unsaturated/α-hetero) is 1. The Morgan fingerprint density at radius 3 is 2.00 bits per heavy atom. The van der Waals surface area contributed by atoms with Crippen molar-refractivity contribution in [1.29, 1.82) is 0 Å². The molecule has 16 nitrogen and oxygen atoms in total. The number of ether oxygens (including phenoxy) is 8. The summed E-state index contributed by atoms with van der Waals surface area (Å²) in [6.45, 7) is 3.89. The highest BCUT2D eigenvalue weighted by Gasteiger charge is 2.59. The SMILES string of the molecule is COC(=O)[C@@]1(OCCC(=O)CCCN(Cc2ccccc2)C(=O)OCc2ccccc2)C[C@@H](OC(C)=O)[C@@H](OC(C)=O)C([C@@H](COC(C)=O)OC(C)=O)O1. The van der Waals surface area contributed by atoms with Crippen LogP contribution in [0.2, 0.25) is 0 Å². The number of amides is 1. The van der Waals surface area contributed by atoms with Gasteiger partial charge in [-0.15, -0.1) is 0 Å². The van der Waals surface area contributed by atoms with Crippen LogP contribution in [0.5, 0.6) is 0 Å². The molecule has 1 amide bonds. The zero-order chi connectivity index (χ0) is 39.7. The van der Waals surface area contributed by atoms with Crippen LogP contribution in [0.15, 0.2) is 60.7 Å². The average molecular weight is 758 g/mol. The van der Waals surface area contributed by atoms with Gasteiger partial charge in [-0.1, -0.05) is 60.7 Å². The maximum atomic E-state index is 13.3. The Labute approximate surface area is 313 Å². The summed E-state index contributed by atoms with van der Waals surface area (Å²) in [7, 11) is 1.05. The molecule has 0 saturated carbocycles. The van der Waals surface area contributed by atoms with Crippen LogP contribution >= 0.6 is 0 Å². The minimum absolute atomic E-state index is 0.0385. The minimum Gasteiger partial charge on any atom is -0.465 e. The molecular formula is C38H47NO15. The number of rotatable bonds is 19. The van der Waals surface area contributed by atoms with Crippen LogP contribution in [0.4, 0.5) is 4.79 Å². The first-order chi connectivity index (χ1) is 25.7. The van der Waals surface area contributed by atoms with E-state index in [1.807, 2.05) is 60.7 Å². The first kappa shape index (κ1) is 43.1. The van der Waals surface area contributed by atoms with Gasteiger partial charge in [0.2, 0.25) is 0 Å². The summed E-state index contributed by atoms with van der Waals surface area (Å²) >= 11 is 0. The largest absolute Gasteiger partial charge is 0.465 e. The summed E-state index contributed by atoms with van der Waals surface area (Å²) in [4.78, 5) is 89.1. The maximum Gasteiger partial charge on any atom is 0.410 e. The summed E-state index contributed by atoms with van der Waals surface area (Å²) in [5.74, 6) is -6.97. The Hall–Kier alpha value is -5.35. The van der Waals surface area contributed by atoms with Gasteiger partial charge < -0.3 is 42.8 Å². The van der Waals surface area contributed by atoms with E-state index >= 15 is 0 Å². The van der Waals surface area contributed by atoms with Gasteiger partial charge in [-0.3, -0.25) is 24.0 Å². The number of nitrogens with zero attached hydrogens (tertiary/aromatic N) is 1. The summed E-state index contributed by atoms with van der Waals surface area (Å²) in [6, 6.07) is 18.6. The van der Waals surface area contributed by atoms with E-state index in [2.05, 4.69) is 0 Å². The van der Waals surface area contributed by atoms with E-state index in [0.29, 0.717) is 0 Å². The number of ketones is 1. The molecule has 1 fully saturated rings. The highest BCUT2D eigenvalue weighted by Crippen LogP contribution is 2.37. The molecule has 0 spiro atoms. The van der Waals surface area contributed by atoms with Crippen molar-refractivity contribution in [1.82, 2.24) is 4.90 Å². The van der Waals surface area contributed by atoms with Crippen LogP contribution in [0.25, 0.3) is 0 Å². The van der Waals surface area contributed by atoms with Gasteiger partial charge in [0.15, 0.2) is 12.2 Å². The van der Waals surface area contributed by atoms with E-state index < -0.39 is 79.2 Å². The van der Waals surface area contributed by atoms with Crippen molar-refractivity contribution in [3.63, 3.8) is 0 Å². The van der Waals surface area contributed by atoms with Gasteiger partial charge >= 0.3 is 35.9 Å². The van der Waals surface area contributed by atoms with Crippen LogP contribution in [-0.2, 0) is 79.8 Å². The van der Waals surface area contributed by atoms with Gasteiger partial charge in [0, 0.05) is 53.6 Å². The monoisotopic (exact) mass is 757 g/mol. The molecule has 2 aromatic rings. The molecule has 0 aliphatic carbocycles. The van der Waals surface area contributed by atoms with Crippen molar-refractivity contribution >= 4 is 41.7 Å². The van der Waals surface area contributed by atoms with E-state index in [-0.39, 0.29) is 51.3 Å². The highest BCUT2D eigenvalue weighted by atomic mass is 16.8. The van der Waals surface area contributed by atoms with E-state index in [1.54, 1.807) is 0 Å². The molecule has 0 radical (unpaired) electrons. The van der Waals surface area contributed by atoms with Gasteiger partial charge in [-0.05, 0) is 17.5 Å². The first-order valence-electron chi connectivity index (χ1n) is 17.3. The molecule has 54 heavy (non-hydrogen) atoms. The number of hydrogen-bond acceptors (Lipinski definition) is 15. The normalized spacial score (nSPS) is 19.7. The maximum absolute atomic E-state index is 13.3. The van der Waals surface area contributed by atoms with Crippen LogP contribution in [0.3, 0.4) is 0 Å². The minimum atomic E-state index is -2.36. The average Bonchev–Trinajstić information content (AvgIpc) is 3.12. The van der Waals surface area contributed by atoms with Crippen LogP contribution < -0.4 is 0 Å². The number of carbonyl (C=O) groups is 7. The molecule has 1 heterocycles. The first-order valence-corrected chi connectivity index (χ1v) is 17.3. The summed E-state index contributed by atoms with van der Waals surface area (Å²) in [5, 5.41) is 0. The topological polar surface area (TPSA) is 197 Å². The lowest BCUT2D eigenvalue weighted by molar-refractivity contribution is -0.326. The third-order valence-corrected chi connectivity index (χ3v) is 8.02. The van der Waals surface area contributed by atoms with Crippen molar-refractivity contribution in [3.05, 3.63) is 71.8 Å². The Morgan fingerprint density at radius 2 is 1.43 bits per heavy atom. The van der Waals surface area contributed by atoms with E-state index in [4.69, 9.17) is 37.9 Å². The van der Waals surface area contributed by atoms with Crippen LogP contribution in [0.1, 0.15) is 64.5 Å². The zero-order valence-electron chi connectivity index (χ0n) is 31.0. The molecule has 3 rings (SSSR count). The molecular weight excluding hydrogens is 710 g/mol. The van der Waals surface area contributed by atoms with E-state index in [9.17, 15) is 33.6 Å². The number of benzene rings is 2. The molecule has 0 N–H and O–H groups in total. The number of methoxy groups -OCH3 is 1. The van der Waals surface area contributed by atoms with Gasteiger partial charge in [-0.2, -0.15) is 0 Å². The second-order valence-electron chi connectivity index (χ2n) is 12.4. The van der Waals surface area contributed by atoms with Gasteiger partial charge in [0.1, 0.15) is 31.2 Å². The van der Waals surface area contributed by atoms with Crippen molar-refractivity contribution in [2.75, 3.05) is 26.9 Å². The Kier molecular flexibility index (Phi) is 17.0. The number of carbonyl (C=O) groups excluding carboxylic acids is 7. The molecule has 1 saturated heterocycles. The van der Waals surface area contributed by atoms with Gasteiger partial charge in [0.25, 0.3) is 5.79 Å². The third-order valence-electron chi connectivity index (χ3n) is 8.02. The number of esters is 5. The van der Waals surface area contributed by atoms with Crippen molar-refractivity contribution in [3.8, 4) is 0 Å². The second kappa shape index (κ2) is 21.4. The Morgan fingerprint density at radius 1 is 0.796 bits per heavy atom. The quantitative estimate of drug-likeness (QED) is 0.149. The Bertz CT molecular complexity index is 1580. The molecule has 1 unspecified atom stereocenters. The fourth-order valence-corrected chi connectivity index (χ4v) is 5.69. The summed E-state index contributed by atoms with van der Waals surface area (Å²) < 4.78 is 43.7. The lowest BCUT2D eigenvalue weighted by Crippen LogP contribution is -2.65. The lowest BCUT2D eigenvalue weighted by Gasteiger charge is -2.46. The Balaban J connectivity index is 1.74. The molecule has 1 aliphatic rings. The fourth-order valence-electron chi connectivity index (χ4n) is 5.69. The predicted molar refractivity (Wildman–Crippen MR) is 186 cm³/mol. The molecule has 294 valence electrons. The van der Waals surface area contributed by atoms with E-state index in [1.165, 1.54) is 4.90 Å². The molecule has 5 atom stereocenters. The summed E-state index contributed by atoms with van der Waals surface area (Å²) in [6.07, 6.45) is -6.94. The van der Waals surface area contributed by atoms with Crippen molar-refractivity contribution in [2.45, 2.75) is 96.7 Å². The van der Waals surface area contributed by atoms with Crippen LogP contribution in [-0.4, -0.2) is 104 Å². The molecule has 1 aliphatic heterocycles. The fraction of sp³-hybridized carbons (Fsp3) is 0.500. The highest BCUT2D eigenvalue weighted by molar-refractivity contribution is 5.80. The molecule has 16 heteroatoms. The second-order valence-corrected chi connectivity index (χ2v) is 12.4. The molecule has 0 aromatic heterocycles. The molecule has 0 bridgehead atoms. The van der Waals surface area contributed by atoms with E-state index in [0.717, 1.165) is 45.9 Å². The molecule has 2 aromatic carbocycles. The lowest BCUT2D eigenvalue weighted by atomic mass is 9.91. The smallest absolute Gasteiger partial charge is 0.410 e. The van der Waals surface area contributed by atoms with Crippen molar-refractivity contribution < 1.29 is 71.5 Å². The van der Waals surface area contributed by atoms with Crippen molar-refractivity contribution in [2.24, 2.45) is 0 Å². The van der Waals surface area contributed by atoms with Crippen LogP contribution in [0, 0.1) is 0 Å². The zero-order valence-corrected chi connectivity index (χ0v) is 31.0. The number of hydrogen-bond donors (Lipinski definition) is 0. The third kappa shape index (κ3) is 13.9. The summed E-state index contributed by atoms with van der Waals surface area (Å²) in [5.41, 5.74) is 1.70. The standard InChI is InChI=1S/C38H47NO15/c1-25(40)48-24-33(52-27(3)42)35-34(53-28(4)43)32(51-26(2)41)21-38(54-35,36(45)47-5)50-20-18-31(44)17-12-19-39(22-29-13-8-6-9-14-29)37(46)49-23-30-15-10-7-11-16-30/h6-11,13-16,32-35H,12,17-24H2,1-5H3/t32-,33-,34-,35?,38-/m1/s1. The van der Waals surface area contributed by atoms with Gasteiger partial charge in [-0.25, -0.2) is 9.59 Å². The predicted octanol–water partition coefficient (Wildman–Crippen LogP) is 3.60. The van der Waals surface area contributed by atoms with Gasteiger partial charge in [0.05, 0.1) is 20.1 Å².